The average Bonchev–Trinajstić information content (AvgIpc) is 3.51. The first-order valence-electron chi connectivity index (χ1n) is 10.7. The second-order valence-electron chi connectivity index (χ2n) is 7.73. The van der Waals surface area contributed by atoms with Crippen LogP contribution in [0.3, 0.4) is 0 Å². The Morgan fingerprint density at radius 3 is 2.94 bits per heavy atom. The summed E-state index contributed by atoms with van der Waals surface area (Å²) in [5.41, 5.74) is 1.19. The minimum atomic E-state index is -0.496. The van der Waals surface area contributed by atoms with Crippen molar-refractivity contribution in [1.82, 2.24) is 24.8 Å². The SMILES string of the molecule is C=CC(=O)N1CCC(CC)C1.O=c1ccc2ncnc(Oc3ccc4[nH]ccc4c3F)c2[nH]1.[HH]. The Morgan fingerprint density at radius 1 is 1.33 bits per heavy atom. The number of rotatable bonds is 4. The van der Waals surface area contributed by atoms with Gasteiger partial charge in [0, 0.05) is 37.7 Å². The number of likely N-dealkylation sites (tertiary alicyclic amines) is 1. The van der Waals surface area contributed by atoms with Gasteiger partial charge in [-0.3, -0.25) is 9.59 Å². The van der Waals surface area contributed by atoms with Crippen LogP contribution in [-0.2, 0) is 4.79 Å². The van der Waals surface area contributed by atoms with E-state index in [2.05, 4.69) is 33.4 Å². The van der Waals surface area contributed by atoms with Crippen LogP contribution in [0.4, 0.5) is 4.39 Å². The van der Waals surface area contributed by atoms with E-state index < -0.39 is 5.82 Å². The van der Waals surface area contributed by atoms with E-state index in [4.69, 9.17) is 4.74 Å². The zero-order valence-corrected chi connectivity index (χ0v) is 18.2. The Kier molecular flexibility index (Phi) is 6.48. The van der Waals surface area contributed by atoms with Crippen LogP contribution in [0.2, 0.25) is 0 Å². The molecule has 1 unspecified atom stereocenters. The Balaban J connectivity index is 0.000000231. The van der Waals surface area contributed by atoms with Crippen LogP contribution in [0.25, 0.3) is 21.9 Å². The zero-order valence-electron chi connectivity index (χ0n) is 18.2. The standard InChI is InChI=1S/C15H9FN4O2.C9H15NO.H2/c16-13-8-5-6-17-9(8)1-3-11(13)22-15-14-10(18-7-19-15)2-4-12(21)20-14;1-3-8-5-6-10(7-8)9(11)4-2;/h1-7,17H,(H,20,21);4,8H,2-3,5-7H2,1H3;1H. The summed E-state index contributed by atoms with van der Waals surface area (Å²) in [5.74, 6) is 0.428. The van der Waals surface area contributed by atoms with Gasteiger partial charge in [0.2, 0.25) is 17.3 Å². The van der Waals surface area contributed by atoms with E-state index >= 15 is 0 Å². The number of aromatic nitrogens is 4. The molecule has 5 rings (SSSR count). The molecule has 3 aromatic heterocycles. The van der Waals surface area contributed by atoms with Gasteiger partial charge in [-0.15, -0.1) is 0 Å². The lowest BCUT2D eigenvalue weighted by atomic mass is 10.1. The zero-order chi connectivity index (χ0) is 23.4. The van der Waals surface area contributed by atoms with Crippen molar-refractivity contribution in [1.29, 1.82) is 0 Å². The van der Waals surface area contributed by atoms with Gasteiger partial charge < -0.3 is 19.6 Å². The Labute approximate surface area is 190 Å². The number of nitrogens with zero attached hydrogens (tertiary/aromatic N) is 3. The molecule has 4 aromatic rings. The molecule has 1 fully saturated rings. The summed E-state index contributed by atoms with van der Waals surface area (Å²) in [6, 6.07) is 7.74. The largest absolute Gasteiger partial charge is 0.434 e. The predicted molar refractivity (Wildman–Crippen MR) is 126 cm³/mol. The molecule has 1 saturated heterocycles. The van der Waals surface area contributed by atoms with Gasteiger partial charge in [-0.1, -0.05) is 19.9 Å². The monoisotopic (exact) mass is 451 g/mol. The number of carbonyl (C=O) groups is 1. The predicted octanol–water partition coefficient (Wildman–Crippen LogP) is 4.41. The first kappa shape index (κ1) is 22.2. The molecule has 1 aromatic carbocycles. The number of H-pyrrole nitrogens is 2. The maximum absolute atomic E-state index is 14.4. The fraction of sp³-hybridized carbons (Fsp3) is 0.250. The summed E-state index contributed by atoms with van der Waals surface area (Å²) >= 11 is 0. The lowest BCUT2D eigenvalue weighted by Crippen LogP contribution is -2.26. The minimum absolute atomic E-state index is 0. The van der Waals surface area contributed by atoms with Gasteiger partial charge in [-0.05, 0) is 42.7 Å². The normalized spacial score (nSPS) is 15.3. The molecule has 1 aliphatic heterocycles. The van der Waals surface area contributed by atoms with Gasteiger partial charge in [-0.25, -0.2) is 9.37 Å². The third kappa shape index (κ3) is 4.77. The van der Waals surface area contributed by atoms with Gasteiger partial charge in [0.25, 0.3) is 0 Å². The quantitative estimate of drug-likeness (QED) is 0.448. The summed E-state index contributed by atoms with van der Waals surface area (Å²) < 4.78 is 20.0. The van der Waals surface area contributed by atoms with Crippen LogP contribution < -0.4 is 10.3 Å². The summed E-state index contributed by atoms with van der Waals surface area (Å²) in [6.45, 7) is 7.49. The molecule has 33 heavy (non-hydrogen) atoms. The molecule has 172 valence electrons. The van der Waals surface area contributed by atoms with Crippen LogP contribution in [0.5, 0.6) is 11.6 Å². The number of aromatic amines is 2. The Bertz CT molecular complexity index is 1370. The van der Waals surface area contributed by atoms with E-state index in [1.165, 1.54) is 31.0 Å². The molecule has 2 N–H and O–H groups in total. The van der Waals surface area contributed by atoms with Gasteiger partial charge in [0.05, 0.1) is 5.52 Å². The van der Waals surface area contributed by atoms with Crippen LogP contribution in [0.1, 0.15) is 21.2 Å². The number of hydrogen-bond acceptors (Lipinski definition) is 5. The Hall–Kier alpha value is -4.01. The molecular weight excluding hydrogens is 425 g/mol. The first-order chi connectivity index (χ1) is 16.0. The van der Waals surface area contributed by atoms with Crippen molar-refractivity contribution in [2.45, 2.75) is 19.8 Å². The highest BCUT2D eigenvalue weighted by Gasteiger charge is 2.22. The molecular formula is C24H26FN5O3. The molecule has 0 saturated carbocycles. The number of nitrogens with one attached hydrogen (secondary N) is 2. The van der Waals surface area contributed by atoms with Crippen molar-refractivity contribution < 1.29 is 15.3 Å². The van der Waals surface area contributed by atoms with E-state index in [1.54, 1.807) is 24.4 Å². The van der Waals surface area contributed by atoms with Crippen molar-refractivity contribution in [2.24, 2.45) is 5.92 Å². The molecule has 0 aliphatic carbocycles. The molecule has 0 spiro atoms. The van der Waals surface area contributed by atoms with E-state index in [9.17, 15) is 14.0 Å². The number of carbonyl (C=O) groups excluding carboxylic acids is 1. The summed E-state index contributed by atoms with van der Waals surface area (Å²) in [4.78, 5) is 37.9. The molecule has 1 amide bonds. The molecule has 1 aliphatic rings. The number of fused-ring (bicyclic) bond motifs is 2. The fourth-order valence-electron chi connectivity index (χ4n) is 3.78. The highest BCUT2D eigenvalue weighted by Crippen LogP contribution is 2.30. The molecule has 9 heteroatoms. The third-order valence-corrected chi connectivity index (χ3v) is 5.67. The number of hydrogen-bond donors (Lipinski definition) is 2. The van der Waals surface area contributed by atoms with E-state index in [0.717, 1.165) is 25.4 Å². The first-order valence-corrected chi connectivity index (χ1v) is 10.7. The molecule has 0 bridgehead atoms. The molecule has 0 radical (unpaired) electrons. The summed E-state index contributed by atoms with van der Waals surface area (Å²) in [5, 5.41) is 0.421. The number of pyridine rings is 1. The van der Waals surface area contributed by atoms with Gasteiger partial charge in [-0.2, -0.15) is 4.98 Å². The average molecular weight is 452 g/mol. The van der Waals surface area contributed by atoms with Gasteiger partial charge >= 0.3 is 0 Å². The van der Waals surface area contributed by atoms with Crippen LogP contribution in [-0.4, -0.2) is 43.8 Å². The number of ether oxygens (including phenoxy) is 1. The van der Waals surface area contributed by atoms with E-state index in [0.29, 0.717) is 21.9 Å². The van der Waals surface area contributed by atoms with Gasteiger partial charge in [0.15, 0.2) is 11.6 Å². The topological polar surface area (TPSA) is 104 Å². The smallest absolute Gasteiger partial charge is 0.248 e. The maximum Gasteiger partial charge on any atom is 0.248 e. The van der Waals surface area contributed by atoms with Crippen molar-refractivity contribution in [2.75, 3.05) is 13.1 Å². The second-order valence-corrected chi connectivity index (χ2v) is 7.73. The highest BCUT2D eigenvalue weighted by atomic mass is 19.1. The summed E-state index contributed by atoms with van der Waals surface area (Å²) in [7, 11) is 0. The molecule has 4 heterocycles. The van der Waals surface area contributed by atoms with Crippen LogP contribution >= 0.6 is 0 Å². The summed E-state index contributed by atoms with van der Waals surface area (Å²) in [6.07, 6.45) is 6.69. The second kappa shape index (κ2) is 9.64. The molecule has 8 nitrogen and oxygen atoms in total. The number of benzene rings is 1. The molecule has 1 atom stereocenters. The van der Waals surface area contributed by atoms with E-state index in [1.807, 2.05) is 4.90 Å². The maximum atomic E-state index is 14.4. The number of halogens is 1. The van der Waals surface area contributed by atoms with Crippen LogP contribution in [0, 0.1) is 11.7 Å². The lowest BCUT2D eigenvalue weighted by molar-refractivity contribution is -0.125. The number of amides is 1. The third-order valence-electron chi connectivity index (χ3n) is 5.67. The Morgan fingerprint density at radius 2 is 2.18 bits per heavy atom. The van der Waals surface area contributed by atoms with Crippen molar-refractivity contribution in [3.63, 3.8) is 0 Å². The van der Waals surface area contributed by atoms with Crippen molar-refractivity contribution >= 4 is 27.8 Å². The minimum Gasteiger partial charge on any atom is -0.434 e. The van der Waals surface area contributed by atoms with Crippen LogP contribution in [0.15, 0.2) is 60.3 Å². The van der Waals surface area contributed by atoms with Crippen molar-refractivity contribution in [3.05, 3.63) is 71.7 Å². The van der Waals surface area contributed by atoms with E-state index in [-0.39, 0.29) is 24.5 Å². The van der Waals surface area contributed by atoms with Crippen molar-refractivity contribution in [3.8, 4) is 11.6 Å². The highest BCUT2D eigenvalue weighted by molar-refractivity contribution is 5.87. The fourth-order valence-corrected chi connectivity index (χ4v) is 3.78. The van der Waals surface area contributed by atoms with Gasteiger partial charge in [0.1, 0.15) is 11.8 Å². The lowest BCUT2D eigenvalue weighted by Gasteiger charge is -2.12.